The van der Waals surface area contributed by atoms with Crippen LogP contribution in [0.2, 0.25) is 0 Å². The van der Waals surface area contributed by atoms with Gasteiger partial charge in [0.25, 0.3) is 0 Å². The molecule has 3 heterocycles. The number of benzene rings is 1. The lowest BCUT2D eigenvalue weighted by molar-refractivity contribution is 0.300. The Balaban J connectivity index is 1.59. The summed E-state index contributed by atoms with van der Waals surface area (Å²) >= 11 is 0. The molecule has 5 nitrogen and oxygen atoms in total. The molecule has 0 N–H and O–H groups in total. The van der Waals surface area contributed by atoms with Crippen molar-refractivity contribution >= 4 is 5.78 Å². The van der Waals surface area contributed by atoms with Crippen LogP contribution in [-0.4, -0.2) is 19.4 Å². The fraction of sp³-hybridized carbons (Fsp3) is 0.0556. The first-order valence-electron chi connectivity index (χ1n) is 7.52. The minimum atomic E-state index is -0.557. The Kier molecular flexibility index (Phi) is 3.81. The maximum atomic E-state index is 13.8. The maximum Gasteiger partial charge on any atom is 0.234 e. The second-order valence-corrected chi connectivity index (χ2v) is 5.37. The molecule has 0 radical (unpaired) electrons. The second-order valence-electron chi connectivity index (χ2n) is 5.37. The number of ether oxygens (including phenoxy) is 1. The highest BCUT2D eigenvalue weighted by Gasteiger charge is 2.09. The normalized spacial score (nSPS) is 11.0. The Bertz CT molecular complexity index is 1050. The predicted octanol–water partition coefficient (Wildman–Crippen LogP) is 3.65. The summed E-state index contributed by atoms with van der Waals surface area (Å²) in [6, 6.07) is 9.19. The van der Waals surface area contributed by atoms with Crippen molar-refractivity contribution in [2.24, 2.45) is 0 Å². The van der Waals surface area contributed by atoms with E-state index in [1.54, 1.807) is 47.3 Å². The van der Waals surface area contributed by atoms with E-state index in [9.17, 15) is 8.78 Å². The van der Waals surface area contributed by atoms with Crippen LogP contribution in [0.3, 0.4) is 0 Å². The van der Waals surface area contributed by atoms with Gasteiger partial charge in [-0.05, 0) is 24.3 Å². The standard InChI is InChI=1S/C18H12F2N4O/c19-13-3-1-4-15(7-13)25-11-14-10-24-9-12(8-22-18(24)23-14)16-5-2-6-21-17(16)20/h1-10H,11H2. The fourth-order valence-electron chi connectivity index (χ4n) is 2.46. The summed E-state index contributed by atoms with van der Waals surface area (Å²) in [7, 11) is 0. The SMILES string of the molecule is Fc1cccc(OCc2cn3cc(-c4cccnc4F)cnc3n2)c1. The van der Waals surface area contributed by atoms with Gasteiger partial charge in [0.15, 0.2) is 0 Å². The average Bonchev–Trinajstić information content (AvgIpc) is 3.02. The zero-order valence-corrected chi connectivity index (χ0v) is 12.9. The summed E-state index contributed by atoms with van der Waals surface area (Å²) in [6.45, 7) is 0.170. The van der Waals surface area contributed by atoms with Crippen LogP contribution >= 0.6 is 0 Å². The molecule has 0 aliphatic rings. The van der Waals surface area contributed by atoms with Gasteiger partial charge in [0.2, 0.25) is 11.7 Å². The molecule has 0 amide bonds. The molecule has 124 valence electrons. The molecule has 1 aromatic carbocycles. The summed E-state index contributed by atoms with van der Waals surface area (Å²) in [5, 5.41) is 0. The first-order valence-corrected chi connectivity index (χ1v) is 7.52. The average molecular weight is 338 g/mol. The number of rotatable bonds is 4. The first kappa shape index (κ1) is 15.2. The van der Waals surface area contributed by atoms with Gasteiger partial charge in [-0.15, -0.1) is 0 Å². The van der Waals surface area contributed by atoms with Crippen LogP contribution < -0.4 is 4.74 Å². The molecule has 25 heavy (non-hydrogen) atoms. The lowest BCUT2D eigenvalue weighted by Gasteiger charge is -2.03. The van der Waals surface area contributed by atoms with Crippen molar-refractivity contribution in [3.8, 4) is 16.9 Å². The third-order valence-electron chi connectivity index (χ3n) is 3.61. The number of imidazole rings is 1. The molecule has 0 bridgehead atoms. The minimum absolute atomic E-state index is 0.170. The van der Waals surface area contributed by atoms with Crippen molar-refractivity contribution < 1.29 is 13.5 Å². The van der Waals surface area contributed by atoms with Gasteiger partial charge >= 0.3 is 0 Å². The highest BCUT2D eigenvalue weighted by atomic mass is 19.1. The monoisotopic (exact) mass is 338 g/mol. The number of aromatic nitrogens is 4. The summed E-state index contributed by atoms with van der Waals surface area (Å²) < 4.78 is 34.2. The van der Waals surface area contributed by atoms with E-state index >= 15 is 0 Å². The molecule has 0 saturated carbocycles. The smallest absolute Gasteiger partial charge is 0.234 e. The van der Waals surface area contributed by atoms with Gasteiger partial charge in [0, 0.05) is 42.0 Å². The van der Waals surface area contributed by atoms with Crippen LogP contribution in [0.4, 0.5) is 8.78 Å². The van der Waals surface area contributed by atoms with E-state index in [1.807, 2.05) is 0 Å². The van der Waals surface area contributed by atoms with E-state index in [0.29, 0.717) is 28.3 Å². The van der Waals surface area contributed by atoms with Crippen molar-refractivity contribution in [1.29, 1.82) is 0 Å². The Labute approximate surface area is 141 Å². The second kappa shape index (κ2) is 6.27. The van der Waals surface area contributed by atoms with Crippen LogP contribution in [0.25, 0.3) is 16.9 Å². The Morgan fingerprint density at radius 3 is 2.80 bits per heavy atom. The minimum Gasteiger partial charge on any atom is -0.487 e. The van der Waals surface area contributed by atoms with Gasteiger partial charge in [0.05, 0.1) is 5.69 Å². The number of hydrogen-bond donors (Lipinski definition) is 0. The largest absolute Gasteiger partial charge is 0.487 e. The zero-order valence-electron chi connectivity index (χ0n) is 12.9. The lowest BCUT2D eigenvalue weighted by Crippen LogP contribution is -1.95. The zero-order chi connectivity index (χ0) is 17.2. The van der Waals surface area contributed by atoms with E-state index in [1.165, 1.54) is 18.3 Å². The van der Waals surface area contributed by atoms with Crippen molar-refractivity contribution in [1.82, 2.24) is 19.4 Å². The molecule has 4 aromatic rings. The molecule has 4 rings (SSSR count). The molecular weight excluding hydrogens is 326 g/mol. The number of hydrogen-bond acceptors (Lipinski definition) is 4. The number of fused-ring (bicyclic) bond motifs is 1. The Hall–Kier alpha value is -3.35. The summed E-state index contributed by atoms with van der Waals surface area (Å²) in [6.07, 6.45) is 6.39. The van der Waals surface area contributed by atoms with Gasteiger partial charge in [0.1, 0.15) is 18.2 Å². The van der Waals surface area contributed by atoms with Crippen LogP contribution in [0.15, 0.2) is 61.2 Å². The van der Waals surface area contributed by atoms with Gasteiger partial charge in [-0.25, -0.2) is 19.3 Å². The van der Waals surface area contributed by atoms with E-state index in [4.69, 9.17) is 4.74 Å². The van der Waals surface area contributed by atoms with Crippen LogP contribution in [-0.2, 0) is 6.61 Å². The van der Waals surface area contributed by atoms with Crippen LogP contribution in [0.5, 0.6) is 5.75 Å². The van der Waals surface area contributed by atoms with Gasteiger partial charge in [-0.3, -0.25) is 4.40 Å². The van der Waals surface area contributed by atoms with E-state index < -0.39 is 5.95 Å². The van der Waals surface area contributed by atoms with Crippen molar-refractivity contribution in [3.05, 3.63) is 78.6 Å². The molecule has 0 fully saturated rings. The highest BCUT2D eigenvalue weighted by molar-refractivity contribution is 5.62. The van der Waals surface area contributed by atoms with Gasteiger partial charge in [-0.1, -0.05) is 6.07 Å². The van der Waals surface area contributed by atoms with Gasteiger partial charge < -0.3 is 4.74 Å². The van der Waals surface area contributed by atoms with E-state index in [-0.39, 0.29) is 12.4 Å². The summed E-state index contributed by atoms with van der Waals surface area (Å²) in [5.74, 6) is -0.0373. The van der Waals surface area contributed by atoms with Gasteiger partial charge in [-0.2, -0.15) is 4.39 Å². The Morgan fingerprint density at radius 2 is 1.96 bits per heavy atom. The quantitative estimate of drug-likeness (QED) is 0.533. The molecule has 3 aromatic heterocycles. The summed E-state index contributed by atoms with van der Waals surface area (Å²) in [5.41, 5.74) is 1.58. The topological polar surface area (TPSA) is 52.3 Å². The molecule has 0 atom stereocenters. The van der Waals surface area contributed by atoms with Crippen LogP contribution in [0.1, 0.15) is 5.69 Å². The van der Waals surface area contributed by atoms with E-state index in [2.05, 4.69) is 15.0 Å². The van der Waals surface area contributed by atoms with E-state index in [0.717, 1.165) is 0 Å². The van der Waals surface area contributed by atoms with Crippen molar-refractivity contribution in [2.75, 3.05) is 0 Å². The molecule has 0 aliphatic carbocycles. The molecule has 0 spiro atoms. The Morgan fingerprint density at radius 1 is 1.04 bits per heavy atom. The summed E-state index contributed by atoms with van der Waals surface area (Å²) in [4.78, 5) is 12.2. The van der Waals surface area contributed by atoms with Crippen molar-refractivity contribution in [3.63, 3.8) is 0 Å². The number of pyridine rings is 1. The molecule has 7 heteroatoms. The third kappa shape index (κ3) is 3.16. The van der Waals surface area contributed by atoms with Crippen molar-refractivity contribution in [2.45, 2.75) is 6.61 Å². The number of nitrogens with zero attached hydrogens (tertiary/aromatic N) is 4. The van der Waals surface area contributed by atoms with Crippen LogP contribution in [0, 0.1) is 11.8 Å². The predicted molar refractivity (Wildman–Crippen MR) is 86.9 cm³/mol. The number of halogens is 2. The lowest BCUT2D eigenvalue weighted by atomic mass is 10.1. The molecular formula is C18H12F2N4O. The molecule has 0 unspecified atom stereocenters. The highest BCUT2D eigenvalue weighted by Crippen LogP contribution is 2.21. The third-order valence-corrected chi connectivity index (χ3v) is 3.61. The maximum absolute atomic E-state index is 13.8. The molecule has 0 saturated heterocycles. The fourth-order valence-corrected chi connectivity index (χ4v) is 2.46. The first-order chi connectivity index (χ1) is 12.2. The molecule has 0 aliphatic heterocycles.